The Morgan fingerprint density at radius 2 is 1.86 bits per heavy atom. The number of aliphatic hydroxyl groups excluding tert-OH is 1. The molecule has 0 radical (unpaired) electrons. The molecule has 0 saturated carbocycles. The van der Waals surface area contributed by atoms with E-state index in [0.29, 0.717) is 18.9 Å². The van der Waals surface area contributed by atoms with Gasteiger partial charge < -0.3 is 15.5 Å². The zero-order valence-corrected chi connectivity index (χ0v) is 9.88. The Morgan fingerprint density at radius 1 is 1.29 bits per heavy atom. The molecule has 0 aliphatic carbocycles. The zero-order chi connectivity index (χ0) is 11.2. The minimum absolute atomic E-state index is 0.267. The smallest absolute Gasteiger partial charge is 0.0667 e. The van der Waals surface area contributed by atoms with E-state index in [4.69, 9.17) is 0 Å². The van der Waals surface area contributed by atoms with Crippen molar-refractivity contribution in [2.24, 2.45) is 5.92 Å². The third-order valence-electron chi connectivity index (χ3n) is 2.04. The Balaban J connectivity index is 3.36. The maximum absolute atomic E-state index is 9.52. The first kappa shape index (κ1) is 13.9. The lowest BCUT2D eigenvalue weighted by molar-refractivity contribution is 0.0690. The van der Waals surface area contributed by atoms with Crippen LogP contribution in [0.4, 0.5) is 0 Å². The van der Waals surface area contributed by atoms with Crippen LogP contribution in [0.2, 0.25) is 0 Å². The molecule has 0 amide bonds. The van der Waals surface area contributed by atoms with E-state index in [1.54, 1.807) is 13.8 Å². The molecule has 1 atom stereocenters. The molecular formula is C11H25NO2. The van der Waals surface area contributed by atoms with Crippen molar-refractivity contribution in [2.45, 2.75) is 52.2 Å². The van der Waals surface area contributed by atoms with E-state index in [2.05, 4.69) is 19.2 Å². The zero-order valence-electron chi connectivity index (χ0n) is 9.88. The number of nitrogens with one attached hydrogen (secondary N) is 1. The average molecular weight is 203 g/mol. The van der Waals surface area contributed by atoms with E-state index < -0.39 is 5.60 Å². The fourth-order valence-electron chi connectivity index (χ4n) is 1.29. The SMILES string of the molecule is CC(C)CC(O)CNCCC(C)(C)O. The molecule has 0 fully saturated rings. The minimum atomic E-state index is -0.615. The van der Waals surface area contributed by atoms with E-state index >= 15 is 0 Å². The second-order valence-electron chi connectivity index (χ2n) is 5.05. The van der Waals surface area contributed by atoms with Gasteiger partial charge in [0.1, 0.15) is 0 Å². The summed E-state index contributed by atoms with van der Waals surface area (Å²) in [5.74, 6) is 0.529. The molecule has 3 nitrogen and oxygen atoms in total. The lowest BCUT2D eigenvalue weighted by atomic mass is 10.0. The van der Waals surface area contributed by atoms with Gasteiger partial charge in [0.15, 0.2) is 0 Å². The summed E-state index contributed by atoms with van der Waals surface area (Å²) in [5.41, 5.74) is -0.615. The second-order valence-corrected chi connectivity index (χ2v) is 5.05. The second kappa shape index (κ2) is 6.38. The van der Waals surface area contributed by atoms with E-state index in [-0.39, 0.29) is 6.10 Å². The molecule has 0 saturated heterocycles. The van der Waals surface area contributed by atoms with Crippen molar-refractivity contribution in [3.63, 3.8) is 0 Å². The summed E-state index contributed by atoms with van der Waals surface area (Å²) in [6, 6.07) is 0. The lowest BCUT2D eigenvalue weighted by Gasteiger charge is -2.18. The van der Waals surface area contributed by atoms with Gasteiger partial charge in [0.25, 0.3) is 0 Å². The Kier molecular flexibility index (Phi) is 6.33. The molecule has 0 heterocycles. The molecule has 0 rings (SSSR count). The normalized spacial score (nSPS) is 14.8. The average Bonchev–Trinajstić information content (AvgIpc) is 1.95. The predicted octanol–water partition coefficient (Wildman–Crippen LogP) is 1.14. The van der Waals surface area contributed by atoms with Gasteiger partial charge in [-0.3, -0.25) is 0 Å². The molecule has 0 aromatic rings. The standard InChI is InChI=1S/C11H25NO2/c1-9(2)7-10(13)8-12-6-5-11(3,4)14/h9-10,12-14H,5-8H2,1-4H3. The van der Waals surface area contributed by atoms with Gasteiger partial charge in [-0.15, -0.1) is 0 Å². The lowest BCUT2D eigenvalue weighted by Crippen LogP contribution is -2.32. The molecule has 1 unspecified atom stereocenters. The highest BCUT2D eigenvalue weighted by atomic mass is 16.3. The van der Waals surface area contributed by atoms with Crippen LogP contribution in [0.25, 0.3) is 0 Å². The molecule has 0 aromatic carbocycles. The van der Waals surface area contributed by atoms with Crippen molar-refractivity contribution in [3.8, 4) is 0 Å². The topological polar surface area (TPSA) is 52.5 Å². The van der Waals surface area contributed by atoms with Crippen molar-refractivity contribution in [2.75, 3.05) is 13.1 Å². The van der Waals surface area contributed by atoms with E-state index in [9.17, 15) is 10.2 Å². The predicted molar refractivity (Wildman–Crippen MR) is 59.2 cm³/mol. The van der Waals surface area contributed by atoms with Gasteiger partial charge in [-0.2, -0.15) is 0 Å². The Bertz CT molecular complexity index is 141. The van der Waals surface area contributed by atoms with Crippen LogP contribution in [0.15, 0.2) is 0 Å². The molecular weight excluding hydrogens is 178 g/mol. The summed E-state index contributed by atoms with van der Waals surface area (Å²) in [4.78, 5) is 0. The number of aliphatic hydroxyl groups is 2. The molecule has 0 bridgehead atoms. The first-order chi connectivity index (χ1) is 6.31. The number of hydrogen-bond donors (Lipinski definition) is 3. The molecule has 0 aliphatic heterocycles. The van der Waals surface area contributed by atoms with Gasteiger partial charge >= 0.3 is 0 Å². The number of hydrogen-bond acceptors (Lipinski definition) is 3. The van der Waals surface area contributed by atoms with Crippen LogP contribution in [0.3, 0.4) is 0 Å². The largest absolute Gasteiger partial charge is 0.392 e. The number of rotatable bonds is 7. The van der Waals surface area contributed by atoms with Gasteiger partial charge in [0.2, 0.25) is 0 Å². The summed E-state index contributed by atoms with van der Waals surface area (Å²) in [5, 5.41) is 22.1. The summed E-state index contributed by atoms with van der Waals surface area (Å²) >= 11 is 0. The van der Waals surface area contributed by atoms with Gasteiger partial charge in [0, 0.05) is 6.54 Å². The maximum Gasteiger partial charge on any atom is 0.0667 e. The van der Waals surface area contributed by atoms with Crippen LogP contribution in [0.1, 0.15) is 40.5 Å². The molecule has 3 N–H and O–H groups in total. The van der Waals surface area contributed by atoms with E-state index in [1.165, 1.54) is 0 Å². The summed E-state index contributed by atoms with van der Waals surface area (Å²) < 4.78 is 0. The van der Waals surface area contributed by atoms with Crippen LogP contribution < -0.4 is 5.32 Å². The molecule has 0 aromatic heterocycles. The van der Waals surface area contributed by atoms with Crippen molar-refractivity contribution >= 4 is 0 Å². The van der Waals surface area contributed by atoms with Gasteiger partial charge in [-0.25, -0.2) is 0 Å². The van der Waals surface area contributed by atoms with Crippen LogP contribution in [0, 0.1) is 5.92 Å². The fourth-order valence-corrected chi connectivity index (χ4v) is 1.29. The maximum atomic E-state index is 9.52. The van der Waals surface area contributed by atoms with Gasteiger partial charge in [-0.05, 0) is 39.2 Å². The molecule has 0 spiro atoms. The van der Waals surface area contributed by atoms with Crippen LogP contribution in [-0.4, -0.2) is 35.0 Å². The summed E-state index contributed by atoms with van der Waals surface area (Å²) in [7, 11) is 0. The van der Waals surface area contributed by atoms with Gasteiger partial charge in [-0.1, -0.05) is 13.8 Å². The van der Waals surface area contributed by atoms with Crippen molar-refractivity contribution in [1.82, 2.24) is 5.32 Å². The van der Waals surface area contributed by atoms with Crippen molar-refractivity contribution < 1.29 is 10.2 Å². The molecule has 86 valence electrons. The highest BCUT2D eigenvalue weighted by Gasteiger charge is 2.12. The van der Waals surface area contributed by atoms with Crippen molar-refractivity contribution in [1.29, 1.82) is 0 Å². The quantitative estimate of drug-likeness (QED) is 0.544. The first-order valence-corrected chi connectivity index (χ1v) is 5.42. The van der Waals surface area contributed by atoms with E-state index in [0.717, 1.165) is 13.0 Å². The molecule has 0 aliphatic rings. The fraction of sp³-hybridized carbons (Fsp3) is 1.00. The van der Waals surface area contributed by atoms with E-state index in [1.807, 2.05) is 0 Å². The first-order valence-electron chi connectivity index (χ1n) is 5.42. The summed E-state index contributed by atoms with van der Waals surface area (Å²) in [6.07, 6.45) is 1.27. The van der Waals surface area contributed by atoms with Crippen molar-refractivity contribution in [3.05, 3.63) is 0 Å². The Hall–Kier alpha value is -0.120. The van der Waals surface area contributed by atoms with Crippen LogP contribution in [-0.2, 0) is 0 Å². The Morgan fingerprint density at radius 3 is 2.29 bits per heavy atom. The highest BCUT2D eigenvalue weighted by Crippen LogP contribution is 2.06. The third-order valence-corrected chi connectivity index (χ3v) is 2.04. The van der Waals surface area contributed by atoms with Crippen LogP contribution in [0.5, 0.6) is 0 Å². The molecule has 3 heteroatoms. The monoisotopic (exact) mass is 203 g/mol. The highest BCUT2D eigenvalue weighted by molar-refractivity contribution is 4.68. The minimum Gasteiger partial charge on any atom is -0.392 e. The Labute approximate surface area is 87.5 Å². The third kappa shape index (κ3) is 9.96. The van der Waals surface area contributed by atoms with Gasteiger partial charge in [0.05, 0.1) is 11.7 Å². The molecule has 14 heavy (non-hydrogen) atoms. The summed E-state index contributed by atoms with van der Waals surface area (Å²) in [6.45, 7) is 9.14. The van der Waals surface area contributed by atoms with Crippen LogP contribution >= 0.6 is 0 Å².